The third-order valence-corrected chi connectivity index (χ3v) is 7.02. The molecule has 0 aliphatic rings. The molecule has 39 heavy (non-hydrogen) atoms. The summed E-state index contributed by atoms with van der Waals surface area (Å²) in [6.45, 7) is 5.70. The Morgan fingerprint density at radius 3 is 2.18 bits per heavy atom. The van der Waals surface area contributed by atoms with Crippen molar-refractivity contribution in [1.29, 1.82) is 0 Å². The molecule has 204 valence electrons. The number of hydrogen-bond acceptors (Lipinski definition) is 10. The van der Waals surface area contributed by atoms with Gasteiger partial charge in [-0.15, -0.1) is 0 Å². The van der Waals surface area contributed by atoms with E-state index in [1.165, 1.54) is 19.5 Å². The van der Waals surface area contributed by atoms with Gasteiger partial charge < -0.3 is 19.3 Å². The first-order valence-electron chi connectivity index (χ1n) is 12.1. The molecule has 2 aromatic heterocycles. The van der Waals surface area contributed by atoms with Crippen LogP contribution in [-0.2, 0) is 15.4 Å². The third-order valence-electron chi connectivity index (χ3n) is 5.55. The minimum absolute atomic E-state index is 0.0143. The van der Waals surface area contributed by atoms with E-state index in [0.29, 0.717) is 5.75 Å². The standard InChI is InChI=1S/C27H29N5O6S/c1-27(2,3)18-10-12-19(13-11-18)39(34,35)32-23-22(38-21-9-6-5-8-20(21)36-4)26(37-17-16-33)31-25(30-23)24-28-14-7-15-29-24/h5-15,33H,16-17H2,1-4H3,(H,30,31,32)/p+1. The summed E-state index contributed by atoms with van der Waals surface area (Å²) < 4.78 is 45.3. The van der Waals surface area contributed by atoms with Gasteiger partial charge in [0.2, 0.25) is 5.82 Å². The van der Waals surface area contributed by atoms with Crippen LogP contribution in [0.4, 0.5) is 5.82 Å². The Kier molecular flexibility index (Phi) is 8.38. The van der Waals surface area contributed by atoms with Crippen LogP contribution < -0.4 is 18.9 Å². The van der Waals surface area contributed by atoms with Gasteiger partial charge >= 0.3 is 10.0 Å². The van der Waals surface area contributed by atoms with E-state index < -0.39 is 10.0 Å². The van der Waals surface area contributed by atoms with Gasteiger partial charge in [-0.2, -0.15) is 23.1 Å². The third kappa shape index (κ3) is 6.66. The van der Waals surface area contributed by atoms with Gasteiger partial charge in [-0.25, -0.2) is 9.97 Å². The lowest BCUT2D eigenvalue weighted by Crippen LogP contribution is -2.81. The van der Waals surface area contributed by atoms with Crippen molar-refractivity contribution in [2.24, 2.45) is 0 Å². The van der Waals surface area contributed by atoms with Gasteiger partial charge in [0.25, 0.3) is 17.4 Å². The van der Waals surface area contributed by atoms with E-state index in [-0.39, 0.29) is 58.4 Å². The highest BCUT2D eigenvalue weighted by Gasteiger charge is 2.30. The maximum Gasteiger partial charge on any atom is 0.330 e. The Balaban J connectivity index is 1.85. The highest BCUT2D eigenvalue weighted by Crippen LogP contribution is 2.39. The first kappa shape index (κ1) is 27.9. The van der Waals surface area contributed by atoms with E-state index in [2.05, 4.69) is 19.9 Å². The van der Waals surface area contributed by atoms with E-state index in [4.69, 9.17) is 14.2 Å². The van der Waals surface area contributed by atoms with Crippen LogP contribution in [0.3, 0.4) is 0 Å². The molecule has 4 rings (SSSR count). The van der Waals surface area contributed by atoms with E-state index in [0.717, 1.165) is 10.3 Å². The van der Waals surface area contributed by atoms with Crippen LogP contribution in [0.5, 0.6) is 23.1 Å². The molecule has 4 aromatic rings. The van der Waals surface area contributed by atoms with Crippen molar-refractivity contribution in [2.45, 2.75) is 31.1 Å². The van der Waals surface area contributed by atoms with E-state index >= 15 is 0 Å². The van der Waals surface area contributed by atoms with Gasteiger partial charge in [0.15, 0.2) is 17.3 Å². The molecule has 2 heterocycles. The summed E-state index contributed by atoms with van der Waals surface area (Å²) >= 11 is 0. The van der Waals surface area contributed by atoms with Gasteiger partial charge in [-0.1, -0.05) is 45.0 Å². The zero-order chi connectivity index (χ0) is 28.0. The molecule has 0 atom stereocenters. The Morgan fingerprint density at radius 2 is 1.56 bits per heavy atom. The number of quaternary nitrogens is 1. The van der Waals surface area contributed by atoms with Crippen molar-refractivity contribution >= 4 is 15.8 Å². The number of nitrogens with two attached hydrogens (primary N) is 1. The molecule has 0 radical (unpaired) electrons. The molecule has 11 nitrogen and oxygen atoms in total. The number of primary sulfonamides is 1. The van der Waals surface area contributed by atoms with Crippen LogP contribution in [0.1, 0.15) is 26.3 Å². The maximum atomic E-state index is 13.6. The molecule has 0 spiro atoms. The van der Waals surface area contributed by atoms with Crippen LogP contribution in [0, 0.1) is 0 Å². The summed E-state index contributed by atoms with van der Waals surface area (Å²) in [6, 6.07) is 15.1. The average Bonchev–Trinajstić information content (AvgIpc) is 2.93. The number of ether oxygens (including phenoxy) is 3. The molecule has 0 aliphatic carbocycles. The van der Waals surface area contributed by atoms with Gasteiger partial charge in [0, 0.05) is 12.4 Å². The van der Waals surface area contributed by atoms with Crippen LogP contribution in [0.15, 0.2) is 71.9 Å². The van der Waals surface area contributed by atoms with Crippen molar-refractivity contribution < 1.29 is 32.5 Å². The summed E-state index contributed by atoms with van der Waals surface area (Å²) in [4.78, 5) is 17.3. The van der Waals surface area contributed by atoms with E-state index in [1.54, 1.807) is 54.6 Å². The number of methoxy groups -OCH3 is 1. The Labute approximate surface area is 226 Å². The molecule has 0 amide bonds. The van der Waals surface area contributed by atoms with Gasteiger partial charge in [0.1, 0.15) is 11.5 Å². The molecule has 3 N–H and O–H groups in total. The summed E-state index contributed by atoms with van der Waals surface area (Å²) in [5, 5.41) is 9.40. The van der Waals surface area contributed by atoms with Crippen LogP contribution in [0.2, 0.25) is 0 Å². The quantitative estimate of drug-likeness (QED) is 0.300. The molecule has 0 fully saturated rings. The largest absolute Gasteiger partial charge is 0.493 e. The zero-order valence-corrected chi connectivity index (χ0v) is 22.8. The lowest BCUT2D eigenvalue weighted by molar-refractivity contribution is -0.403. The van der Waals surface area contributed by atoms with Crippen molar-refractivity contribution in [1.82, 2.24) is 19.9 Å². The Hall–Kier alpha value is -4.13. The number of aliphatic hydroxyl groups is 1. The van der Waals surface area contributed by atoms with Crippen molar-refractivity contribution in [3.05, 3.63) is 72.6 Å². The first-order chi connectivity index (χ1) is 18.6. The summed E-state index contributed by atoms with van der Waals surface area (Å²) in [5.41, 5.74) is 0.852. The Bertz CT molecular complexity index is 1530. The molecular formula is C27H30N5O6S+. The highest BCUT2D eigenvalue weighted by molar-refractivity contribution is 7.85. The lowest BCUT2D eigenvalue weighted by Gasteiger charge is -2.19. The molecule has 0 saturated carbocycles. The fourth-order valence-electron chi connectivity index (χ4n) is 3.55. The second-order valence-corrected chi connectivity index (χ2v) is 11.2. The van der Waals surface area contributed by atoms with E-state index in [1.807, 2.05) is 20.8 Å². The van der Waals surface area contributed by atoms with Crippen LogP contribution in [0.25, 0.3) is 11.6 Å². The summed E-state index contributed by atoms with van der Waals surface area (Å²) in [5.74, 6) is 0.568. The molecular weight excluding hydrogens is 522 g/mol. The second-order valence-electron chi connectivity index (χ2n) is 9.40. The Morgan fingerprint density at radius 1 is 0.897 bits per heavy atom. The van der Waals surface area contributed by atoms with E-state index in [9.17, 15) is 13.5 Å². The first-order valence-corrected chi connectivity index (χ1v) is 13.6. The normalized spacial score (nSPS) is 11.7. The minimum Gasteiger partial charge on any atom is -0.493 e. The smallest absolute Gasteiger partial charge is 0.330 e. The predicted octanol–water partition coefficient (Wildman–Crippen LogP) is 2.99. The number of benzene rings is 2. The summed E-state index contributed by atoms with van der Waals surface area (Å²) in [7, 11) is -2.53. The highest BCUT2D eigenvalue weighted by atomic mass is 32.2. The average molecular weight is 553 g/mol. The number of nitrogens with zero attached hydrogens (tertiary/aromatic N) is 4. The lowest BCUT2D eigenvalue weighted by atomic mass is 9.87. The van der Waals surface area contributed by atoms with Crippen molar-refractivity contribution in [3.63, 3.8) is 0 Å². The monoisotopic (exact) mass is 552 g/mol. The van der Waals surface area contributed by atoms with Gasteiger partial charge in [0.05, 0.1) is 13.7 Å². The molecule has 0 bridgehead atoms. The number of hydrogen-bond donors (Lipinski definition) is 2. The molecule has 2 aromatic carbocycles. The molecule has 0 saturated heterocycles. The summed E-state index contributed by atoms with van der Waals surface area (Å²) in [6.07, 6.45) is 3.02. The number of aliphatic hydroxyl groups excluding tert-OH is 1. The van der Waals surface area contributed by atoms with Crippen molar-refractivity contribution in [2.75, 3.05) is 20.3 Å². The number of sulfonamides is 1. The molecule has 12 heteroatoms. The number of rotatable bonds is 10. The fraction of sp³-hybridized carbons (Fsp3) is 0.259. The fourth-order valence-corrected chi connectivity index (χ4v) is 4.65. The molecule has 0 unspecified atom stereocenters. The van der Waals surface area contributed by atoms with Crippen LogP contribution in [-0.4, -0.2) is 53.8 Å². The predicted molar refractivity (Wildman–Crippen MR) is 143 cm³/mol. The minimum atomic E-state index is -4.01. The number of aromatic nitrogens is 4. The van der Waals surface area contributed by atoms with Crippen molar-refractivity contribution in [3.8, 4) is 34.8 Å². The zero-order valence-electron chi connectivity index (χ0n) is 22.0. The second kappa shape index (κ2) is 11.7. The topological polar surface area (TPSA) is 150 Å². The SMILES string of the molecule is COc1ccccc1Oc1c([NH2+]S(=O)(=O)c2ccc(C(C)(C)C)cc2)nc(-c2ncccn2)nc1OCCO. The van der Waals surface area contributed by atoms with Crippen LogP contribution >= 0.6 is 0 Å². The van der Waals surface area contributed by atoms with Gasteiger partial charge in [-0.3, -0.25) is 0 Å². The van der Waals surface area contributed by atoms with Gasteiger partial charge in [-0.05, 0) is 41.3 Å². The maximum absolute atomic E-state index is 13.6. The number of para-hydroxylation sites is 2. The molecule has 0 aliphatic heterocycles.